The van der Waals surface area contributed by atoms with Gasteiger partial charge in [0.15, 0.2) is 9.84 Å². The molecule has 1 amide bonds. The Morgan fingerprint density at radius 2 is 2.16 bits per heavy atom. The van der Waals surface area contributed by atoms with Gasteiger partial charge in [-0.3, -0.25) is 9.69 Å². The molecule has 1 unspecified atom stereocenters. The zero-order valence-electron chi connectivity index (χ0n) is 13.5. The Morgan fingerprint density at radius 3 is 2.80 bits per heavy atom. The largest absolute Gasteiger partial charge is 0.468 e. The van der Waals surface area contributed by atoms with E-state index in [9.17, 15) is 13.2 Å². The molecule has 0 saturated carbocycles. The Labute approximate surface area is 155 Å². The van der Waals surface area contributed by atoms with Gasteiger partial charge in [-0.1, -0.05) is 22.0 Å². The summed E-state index contributed by atoms with van der Waals surface area (Å²) in [6.45, 7) is 0.506. The maximum Gasteiger partial charge on any atom is 0.238 e. The van der Waals surface area contributed by atoms with Crippen LogP contribution in [-0.4, -0.2) is 43.3 Å². The third-order valence-corrected chi connectivity index (χ3v) is 6.36. The summed E-state index contributed by atoms with van der Waals surface area (Å²) in [5, 5.41) is 2.85. The maximum absolute atomic E-state index is 12.4. The average Bonchev–Trinajstić information content (AvgIpc) is 3.16. The number of benzene rings is 1. The summed E-state index contributed by atoms with van der Waals surface area (Å²) in [5.74, 6) is 0.769. The lowest BCUT2D eigenvalue weighted by Gasteiger charge is -2.26. The van der Waals surface area contributed by atoms with Crippen LogP contribution in [-0.2, 0) is 21.2 Å². The zero-order valence-corrected chi connectivity index (χ0v) is 15.9. The lowest BCUT2D eigenvalue weighted by Crippen LogP contribution is -2.41. The molecule has 1 aliphatic rings. The fraction of sp³-hybridized carbons (Fsp3) is 0.353. The Hall–Kier alpha value is -1.64. The Bertz CT molecular complexity index is 836. The van der Waals surface area contributed by atoms with E-state index in [4.69, 9.17) is 4.42 Å². The van der Waals surface area contributed by atoms with Crippen LogP contribution in [0.15, 0.2) is 51.6 Å². The molecule has 8 heteroatoms. The van der Waals surface area contributed by atoms with Gasteiger partial charge < -0.3 is 9.73 Å². The van der Waals surface area contributed by atoms with Crippen LogP contribution in [0.1, 0.15) is 12.2 Å². The van der Waals surface area contributed by atoms with Crippen LogP contribution in [0.5, 0.6) is 0 Å². The predicted molar refractivity (Wildman–Crippen MR) is 98.9 cm³/mol. The first kappa shape index (κ1) is 18.2. The van der Waals surface area contributed by atoms with E-state index in [0.29, 0.717) is 24.4 Å². The number of anilines is 1. The van der Waals surface area contributed by atoms with Gasteiger partial charge in [-0.25, -0.2) is 8.42 Å². The van der Waals surface area contributed by atoms with Crippen molar-refractivity contribution in [3.05, 3.63) is 52.9 Å². The van der Waals surface area contributed by atoms with E-state index in [2.05, 4.69) is 21.2 Å². The molecule has 0 bridgehead atoms. The molecule has 1 N–H and O–H groups in total. The predicted octanol–water partition coefficient (Wildman–Crippen LogP) is 2.67. The van der Waals surface area contributed by atoms with Crippen LogP contribution in [0, 0.1) is 0 Å². The molecule has 1 aromatic carbocycles. The van der Waals surface area contributed by atoms with E-state index < -0.39 is 9.84 Å². The van der Waals surface area contributed by atoms with Crippen LogP contribution in [0.25, 0.3) is 0 Å². The van der Waals surface area contributed by atoms with Gasteiger partial charge in [0, 0.05) is 16.2 Å². The van der Waals surface area contributed by atoms with Gasteiger partial charge in [-0.05, 0) is 36.8 Å². The van der Waals surface area contributed by atoms with Crippen LogP contribution in [0.4, 0.5) is 5.69 Å². The molecule has 25 heavy (non-hydrogen) atoms. The molecule has 2 heterocycles. The van der Waals surface area contributed by atoms with E-state index in [0.717, 1.165) is 4.47 Å². The molecule has 0 radical (unpaired) electrons. The molecular weight excluding hydrogens is 408 g/mol. The van der Waals surface area contributed by atoms with Crippen molar-refractivity contribution < 1.29 is 17.6 Å². The highest BCUT2D eigenvalue weighted by molar-refractivity contribution is 9.10. The number of halogens is 1. The number of rotatable bonds is 6. The second kappa shape index (κ2) is 7.72. The zero-order chi connectivity index (χ0) is 17.9. The van der Waals surface area contributed by atoms with Crippen LogP contribution in [0.2, 0.25) is 0 Å². The summed E-state index contributed by atoms with van der Waals surface area (Å²) in [6, 6.07) is 10.8. The molecule has 1 fully saturated rings. The smallest absolute Gasteiger partial charge is 0.238 e. The van der Waals surface area contributed by atoms with Gasteiger partial charge in [-0.2, -0.15) is 0 Å². The number of hydrogen-bond acceptors (Lipinski definition) is 5. The summed E-state index contributed by atoms with van der Waals surface area (Å²) < 4.78 is 29.8. The van der Waals surface area contributed by atoms with Crippen molar-refractivity contribution in [3.8, 4) is 0 Å². The monoisotopic (exact) mass is 426 g/mol. The summed E-state index contributed by atoms with van der Waals surface area (Å²) in [4.78, 5) is 14.3. The van der Waals surface area contributed by atoms with Crippen LogP contribution < -0.4 is 5.32 Å². The fourth-order valence-corrected chi connectivity index (χ4v) is 5.09. The number of carbonyl (C=O) groups is 1. The summed E-state index contributed by atoms with van der Waals surface area (Å²) in [5.41, 5.74) is 0.691. The van der Waals surface area contributed by atoms with Gasteiger partial charge in [0.25, 0.3) is 0 Å². The number of carbonyl (C=O) groups excluding carboxylic acids is 1. The van der Waals surface area contributed by atoms with E-state index in [-0.39, 0.29) is 30.0 Å². The number of nitrogens with one attached hydrogen (secondary N) is 1. The first-order valence-electron chi connectivity index (χ1n) is 7.93. The highest BCUT2D eigenvalue weighted by Crippen LogP contribution is 2.21. The lowest BCUT2D eigenvalue weighted by atomic mass is 10.2. The van der Waals surface area contributed by atoms with Crippen molar-refractivity contribution in [2.75, 3.05) is 23.4 Å². The third kappa shape index (κ3) is 5.17. The molecule has 3 rings (SSSR count). The average molecular weight is 427 g/mol. The first-order chi connectivity index (χ1) is 11.9. The van der Waals surface area contributed by atoms with E-state index in [1.807, 2.05) is 29.2 Å². The Morgan fingerprint density at radius 1 is 1.32 bits per heavy atom. The first-order valence-corrected chi connectivity index (χ1v) is 10.5. The number of amides is 1. The number of furan rings is 1. The molecule has 1 aliphatic heterocycles. The van der Waals surface area contributed by atoms with E-state index >= 15 is 0 Å². The summed E-state index contributed by atoms with van der Waals surface area (Å²) >= 11 is 3.37. The van der Waals surface area contributed by atoms with E-state index in [1.54, 1.807) is 18.4 Å². The highest BCUT2D eigenvalue weighted by atomic mass is 79.9. The summed E-state index contributed by atoms with van der Waals surface area (Å²) in [7, 11) is -3.03. The van der Waals surface area contributed by atoms with Gasteiger partial charge in [0.1, 0.15) is 5.76 Å². The second-order valence-corrected chi connectivity index (χ2v) is 9.24. The molecule has 6 nitrogen and oxygen atoms in total. The van der Waals surface area contributed by atoms with Crippen molar-refractivity contribution in [2.24, 2.45) is 0 Å². The molecule has 0 spiro atoms. The minimum absolute atomic E-state index is 0.0812. The highest BCUT2D eigenvalue weighted by Gasteiger charge is 2.33. The van der Waals surface area contributed by atoms with Gasteiger partial charge in [-0.15, -0.1) is 0 Å². The lowest BCUT2D eigenvalue weighted by molar-refractivity contribution is -0.118. The van der Waals surface area contributed by atoms with E-state index in [1.165, 1.54) is 0 Å². The number of nitrogens with zero attached hydrogens (tertiary/aromatic N) is 1. The van der Waals surface area contributed by atoms with Gasteiger partial charge >= 0.3 is 0 Å². The quantitative estimate of drug-likeness (QED) is 0.767. The van der Waals surface area contributed by atoms with Gasteiger partial charge in [0.05, 0.1) is 30.9 Å². The van der Waals surface area contributed by atoms with Crippen molar-refractivity contribution in [3.63, 3.8) is 0 Å². The molecule has 1 saturated heterocycles. The third-order valence-electron chi connectivity index (χ3n) is 4.12. The Kier molecular flexibility index (Phi) is 5.61. The van der Waals surface area contributed by atoms with Crippen molar-refractivity contribution in [1.82, 2.24) is 4.90 Å². The fourth-order valence-electron chi connectivity index (χ4n) is 2.93. The molecule has 1 atom stereocenters. The van der Waals surface area contributed by atoms with Crippen molar-refractivity contribution >= 4 is 37.4 Å². The number of hydrogen-bond donors (Lipinski definition) is 1. The topological polar surface area (TPSA) is 79.6 Å². The minimum atomic E-state index is -3.03. The molecular formula is C17H19BrN2O4S. The molecule has 134 valence electrons. The SMILES string of the molecule is O=C(CN(Cc1ccco1)C1CCS(=O)(=O)C1)Nc1cccc(Br)c1. The molecule has 0 aliphatic carbocycles. The minimum Gasteiger partial charge on any atom is -0.468 e. The molecule has 1 aromatic heterocycles. The van der Waals surface area contributed by atoms with Gasteiger partial charge in [0.2, 0.25) is 5.91 Å². The van der Waals surface area contributed by atoms with Crippen molar-refractivity contribution in [2.45, 2.75) is 19.0 Å². The second-order valence-electron chi connectivity index (χ2n) is 6.10. The van der Waals surface area contributed by atoms with Crippen LogP contribution in [0.3, 0.4) is 0 Å². The molecule has 2 aromatic rings. The standard InChI is InChI=1S/C17H19BrN2O4S/c18-13-3-1-4-14(9-13)19-17(21)11-20(10-16-5-2-7-24-16)15-6-8-25(22,23)12-15/h1-5,7,9,15H,6,8,10-12H2,(H,19,21). The Balaban J connectivity index is 1.69. The summed E-state index contributed by atoms with van der Waals surface area (Å²) in [6.07, 6.45) is 2.10. The van der Waals surface area contributed by atoms with Crippen LogP contribution >= 0.6 is 15.9 Å². The van der Waals surface area contributed by atoms with Crippen molar-refractivity contribution in [1.29, 1.82) is 0 Å². The maximum atomic E-state index is 12.4. The normalized spacial score (nSPS) is 19.2. The number of sulfone groups is 1.